The zero-order chi connectivity index (χ0) is 19.2. The van der Waals surface area contributed by atoms with Gasteiger partial charge in [-0.05, 0) is 35.4 Å². The van der Waals surface area contributed by atoms with Gasteiger partial charge >= 0.3 is 0 Å². The molecule has 4 aromatic rings. The smallest absolute Gasteiger partial charge is 0.142 e. The topological polar surface area (TPSA) is 35.8 Å². The minimum atomic E-state index is 0.457. The number of oxime groups is 1. The first-order chi connectivity index (χ1) is 13.8. The molecule has 0 aliphatic heterocycles. The third kappa shape index (κ3) is 4.23. The largest absolute Gasteiger partial charge is 0.489 e. The van der Waals surface area contributed by atoms with Gasteiger partial charge in [0.15, 0.2) is 0 Å². The maximum atomic E-state index is 5.93. The number of aromatic nitrogens is 1. The zero-order valence-electron chi connectivity index (χ0n) is 15.8. The third-order valence-electron chi connectivity index (χ3n) is 4.63. The number of rotatable bonds is 7. The van der Waals surface area contributed by atoms with Crippen LogP contribution in [-0.2, 0) is 25.1 Å². The highest BCUT2D eigenvalue weighted by atomic mass is 16.6. The molecule has 0 amide bonds. The lowest BCUT2D eigenvalue weighted by molar-refractivity contribution is 0.132. The lowest BCUT2D eigenvalue weighted by atomic mass is 10.2. The Morgan fingerprint density at radius 2 is 1.50 bits per heavy atom. The fraction of sp³-hybridized carbons (Fsp3) is 0.125. The van der Waals surface area contributed by atoms with Crippen LogP contribution in [0.15, 0.2) is 90.1 Å². The molecule has 0 atom stereocenters. The van der Waals surface area contributed by atoms with E-state index in [2.05, 4.69) is 40.1 Å². The quantitative estimate of drug-likeness (QED) is 0.326. The SMILES string of the molecule is Cn1c(/C=N/OCc2ccccc2)cc2cc(OCc3ccccc3)ccc21. The van der Waals surface area contributed by atoms with Gasteiger partial charge in [0, 0.05) is 18.0 Å². The average Bonchev–Trinajstić information content (AvgIpc) is 3.06. The van der Waals surface area contributed by atoms with Crippen molar-refractivity contribution in [2.24, 2.45) is 12.2 Å². The maximum Gasteiger partial charge on any atom is 0.142 e. The number of hydrogen-bond donors (Lipinski definition) is 0. The molecule has 0 saturated carbocycles. The van der Waals surface area contributed by atoms with Gasteiger partial charge < -0.3 is 14.1 Å². The van der Waals surface area contributed by atoms with E-state index >= 15 is 0 Å². The van der Waals surface area contributed by atoms with Gasteiger partial charge in [-0.25, -0.2) is 0 Å². The first-order valence-corrected chi connectivity index (χ1v) is 9.25. The summed E-state index contributed by atoms with van der Waals surface area (Å²) in [4.78, 5) is 5.42. The molecule has 0 saturated heterocycles. The Bertz CT molecular complexity index is 1070. The van der Waals surface area contributed by atoms with Crippen LogP contribution in [0.25, 0.3) is 10.9 Å². The van der Waals surface area contributed by atoms with Crippen molar-refractivity contribution < 1.29 is 9.57 Å². The molecule has 4 heteroatoms. The molecule has 0 bridgehead atoms. The van der Waals surface area contributed by atoms with Crippen molar-refractivity contribution in [3.8, 4) is 5.75 Å². The van der Waals surface area contributed by atoms with E-state index in [-0.39, 0.29) is 0 Å². The van der Waals surface area contributed by atoms with Crippen LogP contribution in [0.2, 0.25) is 0 Å². The first-order valence-electron chi connectivity index (χ1n) is 9.25. The summed E-state index contributed by atoms with van der Waals surface area (Å²) < 4.78 is 8.02. The maximum absolute atomic E-state index is 5.93. The van der Waals surface area contributed by atoms with E-state index in [4.69, 9.17) is 9.57 Å². The Labute approximate surface area is 164 Å². The van der Waals surface area contributed by atoms with E-state index in [1.165, 1.54) is 0 Å². The number of benzene rings is 3. The van der Waals surface area contributed by atoms with Crippen LogP contribution in [0, 0.1) is 0 Å². The first kappa shape index (κ1) is 17.9. The predicted octanol–water partition coefficient (Wildman–Crippen LogP) is 5.31. The van der Waals surface area contributed by atoms with Gasteiger partial charge in [-0.2, -0.15) is 0 Å². The van der Waals surface area contributed by atoms with Crippen molar-refractivity contribution >= 4 is 17.1 Å². The highest BCUT2D eigenvalue weighted by Gasteiger charge is 2.06. The molecule has 4 rings (SSSR count). The summed E-state index contributed by atoms with van der Waals surface area (Å²) in [7, 11) is 2.02. The lowest BCUT2D eigenvalue weighted by Crippen LogP contribution is -1.96. The van der Waals surface area contributed by atoms with E-state index in [1.54, 1.807) is 6.21 Å². The second-order valence-corrected chi connectivity index (χ2v) is 6.62. The average molecular weight is 370 g/mol. The highest BCUT2D eigenvalue weighted by Crippen LogP contribution is 2.24. The molecule has 0 aliphatic carbocycles. The summed E-state index contributed by atoms with van der Waals surface area (Å²) in [6.45, 7) is 1.01. The molecule has 0 unspecified atom stereocenters. The van der Waals surface area contributed by atoms with Crippen LogP contribution >= 0.6 is 0 Å². The fourth-order valence-corrected chi connectivity index (χ4v) is 3.08. The van der Waals surface area contributed by atoms with Crippen LogP contribution in [0.3, 0.4) is 0 Å². The molecule has 0 fully saturated rings. The normalized spacial score (nSPS) is 11.2. The minimum Gasteiger partial charge on any atom is -0.489 e. The minimum absolute atomic E-state index is 0.457. The number of ether oxygens (including phenoxy) is 1. The standard InChI is InChI=1S/C24H22N2O2/c1-26-22(16-25-28-18-20-10-6-3-7-11-20)14-21-15-23(12-13-24(21)26)27-17-19-8-4-2-5-9-19/h2-16H,17-18H2,1H3/b25-16+. The van der Waals surface area contributed by atoms with Gasteiger partial charge in [0.05, 0.1) is 11.9 Å². The van der Waals surface area contributed by atoms with Gasteiger partial charge in [-0.15, -0.1) is 0 Å². The summed E-state index contributed by atoms with van der Waals surface area (Å²) >= 11 is 0. The molecule has 4 nitrogen and oxygen atoms in total. The Balaban J connectivity index is 1.43. The van der Waals surface area contributed by atoms with Crippen LogP contribution in [0.4, 0.5) is 0 Å². The molecule has 0 aliphatic rings. The van der Waals surface area contributed by atoms with Crippen molar-refractivity contribution in [2.75, 3.05) is 0 Å². The Morgan fingerprint density at radius 1 is 0.821 bits per heavy atom. The lowest BCUT2D eigenvalue weighted by Gasteiger charge is -2.06. The molecule has 0 spiro atoms. The van der Waals surface area contributed by atoms with Crippen molar-refractivity contribution in [3.05, 3.63) is 102 Å². The Morgan fingerprint density at radius 3 is 2.21 bits per heavy atom. The fourth-order valence-electron chi connectivity index (χ4n) is 3.08. The summed E-state index contributed by atoms with van der Waals surface area (Å²) in [5.74, 6) is 0.853. The second-order valence-electron chi connectivity index (χ2n) is 6.62. The molecule has 28 heavy (non-hydrogen) atoms. The van der Waals surface area contributed by atoms with Gasteiger partial charge in [0.1, 0.15) is 19.0 Å². The van der Waals surface area contributed by atoms with Crippen LogP contribution in [0.1, 0.15) is 16.8 Å². The summed E-state index contributed by atoms with van der Waals surface area (Å²) in [6, 6.07) is 28.4. The number of fused-ring (bicyclic) bond motifs is 1. The summed E-state index contributed by atoms with van der Waals surface area (Å²) in [5, 5.41) is 5.22. The molecular weight excluding hydrogens is 348 g/mol. The van der Waals surface area contributed by atoms with Crippen molar-refractivity contribution in [1.29, 1.82) is 0 Å². The van der Waals surface area contributed by atoms with Crippen molar-refractivity contribution in [1.82, 2.24) is 4.57 Å². The Hall–Kier alpha value is -3.53. The molecule has 3 aromatic carbocycles. The van der Waals surface area contributed by atoms with E-state index < -0.39 is 0 Å². The molecule has 140 valence electrons. The van der Waals surface area contributed by atoms with Gasteiger partial charge in [0.2, 0.25) is 0 Å². The molecule has 0 radical (unpaired) electrons. The Kier molecular flexibility index (Phi) is 5.38. The van der Waals surface area contributed by atoms with E-state index in [0.29, 0.717) is 13.2 Å². The molecular formula is C24H22N2O2. The van der Waals surface area contributed by atoms with Crippen molar-refractivity contribution in [3.63, 3.8) is 0 Å². The van der Waals surface area contributed by atoms with Crippen LogP contribution in [-0.4, -0.2) is 10.8 Å². The second kappa shape index (κ2) is 8.44. The van der Waals surface area contributed by atoms with E-state index in [9.17, 15) is 0 Å². The van der Waals surface area contributed by atoms with E-state index in [1.807, 2.05) is 61.6 Å². The van der Waals surface area contributed by atoms with Crippen molar-refractivity contribution in [2.45, 2.75) is 13.2 Å². The third-order valence-corrected chi connectivity index (χ3v) is 4.63. The number of hydrogen-bond acceptors (Lipinski definition) is 3. The summed E-state index contributed by atoms with van der Waals surface area (Å²) in [5.41, 5.74) is 4.34. The monoisotopic (exact) mass is 370 g/mol. The van der Waals surface area contributed by atoms with Gasteiger partial charge in [-0.1, -0.05) is 65.8 Å². The molecule has 1 heterocycles. The number of nitrogens with zero attached hydrogens (tertiary/aromatic N) is 2. The highest BCUT2D eigenvalue weighted by molar-refractivity contribution is 5.91. The predicted molar refractivity (Wildman–Crippen MR) is 113 cm³/mol. The van der Waals surface area contributed by atoms with Crippen LogP contribution in [0.5, 0.6) is 5.75 Å². The summed E-state index contributed by atoms with van der Waals surface area (Å²) in [6.07, 6.45) is 1.74. The van der Waals surface area contributed by atoms with E-state index in [0.717, 1.165) is 33.5 Å². The molecule has 0 N–H and O–H groups in total. The van der Waals surface area contributed by atoms with Gasteiger partial charge in [0.25, 0.3) is 0 Å². The van der Waals surface area contributed by atoms with Gasteiger partial charge in [-0.3, -0.25) is 0 Å². The zero-order valence-corrected chi connectivity index (χ0v) is 15.8. The molecule has 1 aromatic heterocycles. The number of aryl methyl sites for hydroxylation is 1. The van der Waals surface area contributed by atoms with Crippen LogP contribution < -0.4 is 4.74 Å².